The quantitative estimate of drug-likeness (QED) is 0.0215. The Labute approximate surface area is 598 Å². The van der Waals surface area contributed by atoms with Crippen LogP contribution in [0.1, 0.15) is 110 Å². The van der Waals surface area contributed by atoms with Crippen molar-refractivity contribution in [3.8, 4) is 0 Å². The average Bonchev–Trinajstić information content (AvgIpc) is 0.927. The molecule has 0 unspecified atom stereocenters. The smallest absolute Gasteiger partial charge is 0.317 e. The van der Waals surface area contributed by atoms with Gasteiger partial charge in [-0.15, -0.1) is 0 Å². The Kier molecular flexibility index (Phi) is 56.1. The summed E-state index contributed by atoms with van der Waals surface area (Å²) in [7, 11) is 0. The number of ketones is 2. The molecule has 3 atom stereocenters. The number of nitrogens with one attached hydrogen (secondary N) is 6. The van der Waals surface area contributed by atoms with E-state index in [1.54, 1.807) is 28.5 Å². The van der Waals surface area contributed by atoms with Gasteiger partial charge in [0, 0.05) is 142 Å². The molecule has 102 heavy (non-hydrogen) atoms. The van der Waals surface area contributed by atoms with E-state index in [4.69, 9.17) is 49.4 Å². The number of carbonyl (C=O) groups excluding carboxylic acids is 10. The van der Waals surface area contributed by atoms with Crippen molar-refractivity contribution < 1.29 is 116 Å². The SMILES string of the molecule is C[C@@H](CCCCNC(=O)COCCOCCNC(=O)COCCOCCNC(=O)CCCC(=O)NCCCC[C@H](CC(=O)COCOCCCC(=O)COCCOCCNC(=O)CN1CCN(CC(=O)O)CCN(CC(=O)O)CCN(CC(=O)O)CC1)C(=O)NCCCC[C@H](C)C(N)=O)C(N)=O. The number of aliphatic carboxylic acids is 3. The number of carboxylic acids is 3. The van der Waals surface area contributed by atoms with Crippen LogP contribution in [0.5, 0.6) is 0 Å². The molecule has 0 aromatic carbocycles. The Balaban J connectivity index is 2.26. The summed E-state index contributed by atoms with van der Waals surface area (Å²) in [6.07, 6.45) is 6.45. The van der Waals surface area contributed by atoms with Crippen LogP contribution in [0.15, 0.2) is 0 Å². The maximum atomic E-state index is 13.3. The van der Waals surface area contributed by atoms with Gasteiger partial charge in [0.1, 0.15) is 33.2 Å². The summed E-state index contributed by atoms with van der Waals surface area (Å²) in [5.74, 6) is -7.21. The Morgan fingerprint density at radius 2 is 0.706 bits per heavy atom. The highest BCUT2D eigenvalue weighted by Crippen LogP contribution is 2.16. The molecule has 1 fully saturated rings. The molecule has 0 aliphatic carbocycles. The van der Waals surface area contributed by atoms with Gasteiger partial charge in [-0.1, -0.05) is 33.1 Å². The largest absolute Gasteiger partial charge is 0.480 e. The standard InChI is InChI=1S/C66H118N12O24/c1-51(64(67)92)11-3-6-18-70-59(84)48-99-39-37-97-34-22-73-60(85)49-100-40-36-95-32-20-71-57(82)16-9-15-56(81)69-17-8-5-13-53(66(94)74-19-7-4-12-52(2)65(68)93)41-55(80)47-102-50-101-31-10-14-54(79)46-98-38-35-96-33-21-72-58(83)42-75-23-25-76(43-61(86)87)27-29-78(45-63(90)91)30-28-77(26-24-75)44-62(88)89/h51-53H,3-50H2,1-2H3,(H2,67,92)(H2,68,93)(H,69,81)(H,70,84)(H,71,82)(H,72,83)(H,73,85)(H,74,94)(H,86,87)(H,88,89)(H,90,91)/t51-,52-,53+/m0/s1. The molecule has 8 amide bonds. The second kappa shape index (κ2) is 61.5. The van der Waals surface area contributed by atoms with Gasteiger partial charge in [0.05, 0.1) is 85.6 Å². The number of rotatable bonds is 64. The van der Waals surface area contributed by atoms with E-state index in [0.717, 1.165) is 12.8 Å². The summed E-state index contributed by atoms with van der Waals surface area (Å²) < 4.78 is 43.3. The molecule has 0 aromatic rings. The number of Topliss-reactive ketones (excluding diaryl/α,β-unsaturated/α-hetero) is 2. The van der Waals surface area contributed by atoms with E-state index in [1.165, 1.54) is 0 Å². The van der Waals surface area contributed by atoms with Crippen LogP contribution in [-0.2, 0) is 100 Å². The molecule has 0 aromatic heterocycles. The van der Waals surface area contributed by atoms with Crippen molar-refractivity contribution in [3.63, 3.8) is 0 Å². The van der Waals surface area contributed by atoms with Crippen LogP contribution in [-0.4, -0.2) is 329 Å². The van der Waals surface area contributed by atoms with Gasteiger partial charge < -0.3 is 96.6 Å². The number of unbranched alkanes of at least 4 members (excludes halogenated alkanes) is 3. The van der Waals surface area contributed by atoms with Gasteiger partial charge in [0.25, 0.3) is 0 Å². The van der Waals surface area contributed by atoms with Crippen LogP contribution in [0.4, 0.5) is 0 Å². The summed E-state index contributed by atoms with van der Waals surface area (Å²) in [6.45, 7) is 7.53. The summed E-state index contributed by atoms with van der Waals surface area (Å²) in [4.78, 5) is 164. The van der Waals surface area contributed by atoms with Gasteiger partial charge >= 0.3 is 17.9 Å². The van der Waals surface area contributed by atoms with Gasteiger partial charge in [-0.05, 0) is 51.4 Å². The minimum Gasteiger partial charge on any atom is -0.480 e. The molecule has 36 heteroatoms. The van der Waals surface area contributed by atoms with Crippen molar-refractivity contribution in [3.05, 3.63) is 0 Å². The zero-order valence-corrected chi connectivity index (χ0v) is 60.0. The molecule has 0 bridgehead atoms. The maximum Gasteiger partial charge on any atom is 0.317 e. The zero-order chi connectivity index (χ0) is 75.4. The molecule has 586 valence electrons. The van der Waals surface area contributed by atoms with E-state index in [0.29, 0.717) is 90.5 Å². The maximum absolute atomic E-state index is 13.3. The average molecular weight is 1460 g/mol. The van der Waals surface area contributed by atoms with Crippen LogP contribution in [0, 0.1) is 17.8 Å². The molecule has 1 heterocycles. The van der Waals surface area contributed by atoms with Crippen LogP contribution >= 0.6 is 0 Å². The molecule has 13 N–H and O–H groups in total. The highest BCUT2D eigenvalue weighted by molar-refractivity contribution is 5.87. The number of amides is 8. The Morgan fingerprint density at radius 3 is 1.15 bits per heavy atom. The number of nitrogens with two attached hydrogens (primary N) is 2. The minimum absolute atomic E-state index is 0.0413. The van der Waals surface area contributed by atoms with E-state index in [9.17, 15) is 77.6 Å². The highest BCUT2D eigenvalue weighted by Gasteiger charge is 2.24. The third-order valence-electron chi connectivity index (χ3n) is 15.8. The van der Waals surface area contributed by atoms with Crippen LogP contribution in [0.3, 0.4) is 0 Å². The number of ether oxygens (including phenoxy) is 8. The van der Waals surface area contributed by atoms with E-state index < -0.39 is 29.7 Å². The Hall–Kier alpha value is -6.97. The minimum atomic E-state index is -1.05. The Morgan fingerprint density at radius 1 is 0.343 bits per heavy atom. The fraction of sp³-hybridized carbons (Fsp3) is 0.803. The fourth-order valence-electron chi connectivity index (χ4n) is 9.83. The molecule has 0 radical (unpaired) electrons. The topological polar surface area (TPSA) is 494 Å². The molecule has 36 nitrogen and oxygen atoms in total. The first kappa shape index (κ1) is 93.0. The van der Waals surface area contributed by atoms with Gasteiger partial charge in [-0.2, -0.15) is 0 Å². The van der Waals surface area contributed by atoms with E-state index in [2.05, 4.69) is 31.9 Å². The number of carbonyl (C=O) groups is 13. The van der Waals surface area contributed by atoms with Crippen LogP contribution in [0.25, 0.3) is 0 Å². The van der Waals surface area contributed by atoms with Crippen LogP contribution in [0.2, 0.25) is 0 Å². The number of hydrogen-bond donors (Lipinski definition) is 11. The van der Waals surface area contributed by atoms with Crippen molar-refractivity contribution in [2.24, 2.45) is 29.2 Å². The lowest BCUT2D eigenvalue weighted by Crippen LogP contribution is -2.50. The van der Waals surface area contributed by atoms with E-state index in [1.807, 2.05) is 4.90 Å². The van der Waals surface area contributed by atoms with Gasteiger partial charge in [0.2, 0.25) is 47.3 Å². The molecule has 1 saturated heterocycles. The van der Waals surface area contributed by atoms with Crippen LogP contribution < -0.4 is 43.4 Å². The van der Waals surface area contributed by atoms with Gasteiger partial charge in [0.15, 0.2) is 11.6 Å². The second-order valence-corrected chi connectivity index (χ2v) is 24.7. The first-order valence-corrected chi connectivity index (χ1v) is 35.3. The molecular weight excluding hydrogens is 1340 g/mol. The van der Waals surface area contributed by atoms with Crippen molar-refractivity contribution in [1.82, 2.24) is 51.5 Å². The molecule has 1 aliphatic heterocycles. The highest BCUT2D eigenvalue weighted by atomic mass is 16.7. The molecule has 1 aliphatic rings. The van der Waals surface area contributed by atoms with E-state index in [-0.39, 0.29) is 275 Å². The van der Waals surface area contributed by atoms with Gasteiger partial charge in [-0.3, -0.25) is 81.9 Å². The van der Waals surface area contributed by atoms with Crippen molar-refractivity contribution >= 4 is 76.7 Å². The third kappa shape index (κ3) is 56.6. The normalized spacial score (nSPS) is 14.4. The number of nitrogens with zero attached hydrogens (tertiary/aromatic N) is 4. The van der Waals surface area contributed by atoms with Crippen molar-refractivity contribution in [1.29, 1.82) is 0 Å². The summed E-state index contributed by atoms with van der Waals surface area (Å²) in [5, 5.41) is 44.9. The van der Waals surface area contributed by atoms with Crippen molar-refractivity contribution in [2.75, 3.05) is 217 Å². The fourth-order valence-corrected chi connectivity index (χ4v) is 9.83. The molecule has 0 spiro atoms. The summed E-state index contributed by atoms with van der Waals surface area (Å²) >= 11 is 0. The van der Waals surface area contributed by atoms with Gasteiger partial charge in [-0.25, -0.2) is 0 Å². The number of primary amides is 2. The lowest BCUT2D eigenvalue weighted by atomic mass is 9.95. The monoisotopic (exact) mass is 1460 g/mol. The lowest BCUT2D eigenvalue weighted by Gasteiger charge is -2.32. The van der Waals surface area contributed by atoms with E-state index >= 15 is 0 Å². The third-order valence-corrected chi connectivity index (χ3v) is 15.8. The summed E-state index contributed by atoms with van der Waals surface area (Å²) in [5.41, 5.74) is 10.6. The number of carboxylic acid groups (broad SMARTS) is 3. The summed E-state index contributed by atoms with van der Waals surface area (Å²) in [6, 6.07) is 0. The van der Waals surface area contributed by atoms with Crippen molar-refractivity contribution in [2.45, 2.75) is 110 Å². The zero-order valence-electron chi connectivity index (χ0n) is 60.0. The predicted octanol–water partition coefficient (Wildman–Crippen LogP) is -2.90. The number of hydrogen-bond acceptors (Lipinski definition) is 25. The Bertz CT molecular complexity index is 2410. The molecule has 0 saturated carbocycles. The lowest BCUT2D eigenvalue weighted by molar-refractivity contribution is -0.140. The molecular formula is C66H118N12O24. The predicted molar refractivity (Wildman–Crippen MR) is 368 cm³/mol. The first-order chi connectivity index (χ1) is 48.9. The molecule has 1 rings (SSSR count). The second-order valence-electron chi connectivity index (χ2n) is 24.7. The first-order valence-electron chi connectivity index (χ1n) is 35.3.